The maximum Gasteiger partial charge on any atom is 0.171 e. The monoisotopic (exact) mass is 304 g/mol. The van der Waals surface area contributed by atoms with E-state index in [1.54, 1.807) is 4.68 Å². The number of ether oxygens (including phenoxy) is 1. The van der Waals surface area contributed by atoms with Gasteiger partial charge in [-0.25, -0.2) is 0 Å². The van der Waals surface area contributed by atoms with Gasteiger partial charge in [-0.2, -0.15) is 5.10 Å². The van der Waals surface area contributed by atoms with E-state index in [4.69, 9.17) is 17.0 Å². The molecule has 0 amide bonds. The molecule has 0 bridgehead atoms. The van der Waals surface area contributed by atoms with E-state index < -0.39 is 0 Å². The Morgan fingerprint density at radius 2 is 2.05 bits per heavy atom. The van der Waals surface area contributed by atoms with E-state index in [0.29, 0.717) is 18.3 Å². The third-order valence-corrected chi connectivity index (χ3v) is 3.22. The summed E-state index contributed by atoms with van der Waals surface area (Å²) in [5.41, 5.74) is 3.07. The van der Waals surface area contributed by atoms with Crippen molar-refractivity contribution in [2.24, 2.45) is 7.05 Å². The Labute approximate surface area is 130 Å². The SMILES string of the molecule is CCOc1ccc(NC(=S)NCc2cn(C)nc2C)cc1. The van der Waals surface area contributed by atoms with Crippen LogP contribution in [0.2, 0.25) is 0 Å². The summed E-state index contributed by atoms with van der Waals surface area (Å²) in [6, 6.07) is 7.71. The summed E-state index contributed by atoms with van der Waals surface area (Å²) in [6.45, 7) is 5.27. The van der Waals surface area contributed by atoms with Crippen molar-refractivity contribution >= 4 is 23.0 Å². The third-order valence-electron chi connectivity index (χ3n) is 2.98. The number of nitrogens with zero attached hydrogens (tertiary/aromatic N) is 2. The highest BCUT2D eigenvalue weighted by atomic mass is 32.1. The molecule has 0 spiro atoms. The molecule has 21 heavy (non-hydrogen) atoms. The first-order chi connectivity index (χ1) is 10.1. The van der Waals surface area contributed by atoms with Gasteiger partial charge in [-0.1, -0.05) is 0 Å². The fourth-order valence-electron chi connectivity index (χ4n) is 1.97. The van der Waals surface area contributed by atoms with Gasteiger partial charge >= 0.3 is 0 Å². The lowest BCUT2D eigenvalue weighted by Crippen LogP contribution is -2.27. The summed E-state index contributed by atoms with van der Waals surface area (Å²) in [7, 11) is 1.91. The molecule has 2 aromatic rings. The normalized spacial score (nSPS) is 10.2. The second-order valence-corrected chi connectivity index (χ2v) is 5.09. The molecular weight excluding hydrogens is 284 g/mol. The first kappa shape index (κ1) is 15.3. The smallest absolute Gasteiger partial charge is 0.171 e. The number of aryl methyl sites for hydroxylation is 2. The van der Waals surface area contributed by atoms with E-state index in [0.717, 1.165) is 22.7 Å². The largest absolute Gasteiger partial charge is 0.494 e. The van der Waals surface area contributed by atoms with E-state index >= 15 is 0 Å². The van der Waals surface area contributed by atoms with Crippen LogP contribution in [0.15, 0.2) is 30.5 Å². The van der Waals surface area contributed by atoms with Gasteiger partial charge < -0.3 is 15.4 Å². The van der Waals surface area contributed by atoms with Crippen molar-refractivity contribution in [3.8, 4) is 5.75 Å². The molecule has 5 nitrogen and oxygen atoms in total. The van der Waals surface area contributed by atoms with Crippen LogP contribution in [0, 0.1) is 6.92 Å². The van der Waals surface area contributed by atoms with Crippen molar-refractivity contribution in [1.29, 1.82) is 0 Å². The zero-order valence-electron chi connectivity index (χ0n) is 12.5. The van der Waals surface area contributed by atoms with Crippen LogP contribution in [0.1, 0.15) is 18.2 Å². The van der Waals surface area contributed by atoms with E-state index in [1.165, 1.54) is 0 Å². The summed E-state index contributed by atoms with van der Waals surface area (Å²) in [5, 5.41) is 11.2. The van der Waals surface area contributed by atoms with Gasteiger partial charge in [0, 0.05) is 31.0 Å². The van der Waals surface area contributed by atoms with E-state index in [1.807, 2.05) is 51.4 Å². The zero-order chi connectivity index (χ0) is 15.2. The molecule has 1 heterocycles. The van der Waals surface area contributed by atoms with Gasteiger partial charge in [0.15, 0.2) is 5.11 Å². The van der Waals surface area contributed by atoms with Gasteiger partial charge in [0.05, 0.1) is 12.3 Å². The van der Waals surface area contributed by atoms with Crippen LogP contribution < -0.4 is 15.4 Å². The Hall–Kier alpha value is -2.08. The highest BCUT2D eigenvalue weighted by molar-refractivity contribution is 7.80. The minimum atomic E-state index is 0.586. The average molecular weight is 304 g/mol. The molecule has 112 valence electrons. The van der Waals surface area contributed by atoms with Crippen molar-refractivity contribution in [2.45, 2.75) is 20.4 Å². The average Bonchev–Trinajstić information content (AvgIpc) is 2.77. The number of hydrogen-bond donors (Lipinski definition) is 2. The molecule has 0 unspecified atom stereocenters. The molecule has 1 aromatic heterocycles. The molecule has 6 heteroatoms. The fourth-order valence-corrected chi connectivity index (χ4v) is 2.16. The molecule has 0 aliphatic carbocycles. The van der Waals surface area contributed by atoms with Gasteiger partial charge in [-0.15, -0.1) is 0 Å². The standard InChI is InChI=1S/C15H20N4OS/c1-4-20-14-7-5-13(6-8-14)17-15(21)16-9-12-10-19(3)18-11(12)2/h5-8,10H,4,9H2,1-3H3,(H2,16,17,21). The number of rotatable bonds is 5. The molecule has 0 fully saturated rings. The number of aromatic nitrogens is 2. The van der Waals surface area contributed by atoms with Gasteiger partial charge in [0.25, 0.3) is 0 Å². The lowest BCUT2D eigenvalue weighted by molar-refractivity contribution is 0.340. The van der Waals surface area contributed by atoms with Crippen molar-refractivity contribution in [2.75, 3.05) is 11.9 Å². The maximum absolute atomic E-state index is 5.40. The van der Waals surface area contributed by atoms with Gasteiger partial charge in [-0.05, 0) is 50.3 Å². The van der Waals surface area contributed by atoms with Crippen LogP contribution in [0.3, 0.4) is 0 Å². The Morgan fingerprint density at radius 1 is 1.33 bits per heavy atom. The van der Waals surface area contributed by atoms with Gasteiger partial charge in [-0.3, -0.25) is 4.68 Å². The van der Waals surface area contributed by atoms with Crippen LogP contribution in [0.25, 0.3) is 0 Å². The number of thiocarbonyl (C=S) groups is 1. The molecular formula is C15H20N4OS. The number of hydrogen-bond acceptors (Lipinski definition) is 3. The van der Waals surface area contributed by atoms with Crippen molar-refractivity contribution < 1.29 is 4.74 Å². The Balaban J connectivity index is 1.85. The van der Waals surface area contributed by atoms with E-state index in [-0.39, 0.29) is 0 Å². The van der Waals surface area contributed by atoms with Crippen LogP contribution in [-0.4, -0.2) is 21.5 Å². The lowest BCUT2D eigenvalue weighted by atomic mass is 10.2. The van der Waals surface area contributed by atoms with Crippen LogP contribution in [0.5, 0.6) is 5.75 Å². The quantitative estimate of drug-likeness (QED) is 0.832. The number of benzene rings is 1. The highest BCUT2D eigenvalue weighted by Gasteiger charge is 2.04. The predicted octanol–water partition coefficient (Wildman–Crippen LogP) is 2.61. The molecule has 1 aromatic carbocycles. The summed E-state index contributed by atoms with van der Waals surface area (Å²) in [5.74, 6) is 0.855. The Bertz CT molecular complexity index is 607. The van der Waals surface area contributed by atoms with Crippen LogP contribution in [0.4, 0.5) is 5.69 Å². The number of nitrogens with one attached hydrogen (secondary N) is 2. The van der Waals surface area contributed by atoms with E-state index in [2.05, 4.69) is 15.7 Å². The molecule has 2 N–H and O–H groups in total. The second-order valence-electron chi connectivity index (χ2n) is 4.68. The van der Waals surface area contributed by atoms with E-state index in [9.17, 15) is 0 Å². The van der Waals surface area contributed by atoms with Crippen molar-refractivity contribution in [3.63, 3.8) is 0 Å². The van der Waals surface area contributed by atoms with Crippen molar-refractivity contribution in [3.05, 3.63) is 41.7 Å². The summed E-state index contributed by atoms with van der Waals surface area (Å²) in [6.07, 6.45) is 1.99. The maximum atomic E-state index is 5.40. The van der Waals surface area contributed by atoms with Crippen LogP contribution >= 0.6 is 12.2 Å². The molecule has 2 rings (SSSR count). The first-order valence-corrected chi connectivity index (χ1v) is 7.26. The lowest BCUT2D eigenvalue weighted by Gasteiger charge is -2.11. The molecule has 0 aliphatic rings. The Kier molecular flexibility index (Phi) is 5.16. The van der Waals surface area contributed by atoms with Gasteiger partial charge in [0.2, 0.25) is 0 Å². The molecule has 0 atom stereocenters. The Morgan fingerprint density at radius 3 is 2.62 bits per heavy atom. The minimum Gasteiger partial charge on any atom is -0.494 e. The molecule has 0 aliphatic heterocycles. The van der Waals surface area contributed by atoms with Gasteiger partial charge in [0.1, 0.15) is 5.75 Å². The molecule has 0 saturated heterocycles. The first-order valence-electron chi connectivity index (χ1n) is 6.85. The summed E-state index contributed by atoms with van der Waals surface area (Å²) in [4.78, 5) is 0. The predicted molar refractivity (Wildman–Crippen MR) is 88.6 cm³/mol. The third kappa shape index (κ3) is 4.46. The zero-order valence-corrected chi connectivity index (χ0v) is 13.3. The minimum absolute atomic E-state index is 0.586. The van der Waals surface area contributed by atoms with Crippen LogP contribution in [-0.2, 0) is 13.6 Å². The topological polar surface area (TPSA) is 51.1 Å². The van der Waals surface area contributed by atoms with Crippen molar-refractivity contribution in [1.82, 2.24) is 15.1 Å². The molecule has 0 radical (unpaired) electrons. The summed E-state index contributed by atoms with van der Waals surface area (Å²) >= 11 is 5.29. The second kappa shape index (κ2) is 7.08. The highest BCUT2D eigenvalue weighted by Crippen LogP contribution is 2.15. The molecule has 0 saturated carbocycles. The number of anilines is 1. The summed E-state index contributed by atoms with van der Waals surface area (Å²) < 4.78 is 7.20. The fraction of sp³-hybridized carbons (Fsp3) is 0.333.